The molecule has 1 aromatic rings. The molecule has 1 N–H and O–H groups in total. The van der Waals surface area contributed by atoms with Crippen molar-refractivity contribution in [1.82, 2.24) is 10.2 Å². The summed E-state index contributed by atoms with van der Waals surface area (Å²) in [6, 6.07) is 7.07. The van der Waals surface area contributed by atoms with E-state index in [0.29, 0.717) is 19.8 Å². The van der Waals surface area contributed by atoms with Crippen molar-refractivity contribution < 1.29 is 13.9 Å². The molecule has 0 bridgehead atoms. The largest absolute Gasteiger partial charge is 0.382 e. The predicted molar refractivity (Wildman–Crippen MR) is 83.5 cm³/mol. The van der Waals surface area contributed by atoms with Gasteiger partial charge in [0.2, 0.25) is 0 Å². The predicted octanol–water partition coefficient (Wildman–Crippen LogP) is 1.86. The lowest BCUT2D eigenvalue weighted by Gasteiger charge is -2.36. The van der Waals surface area contributed by atoms with Crippen molar-refractivity contribution in [2.45, 2.75) is 6.04 Å². The van der Waals surface area contributed by atoms with Crippen LogP contribution in [0.15, 0.2) is 24.3 Å². The zero-order chi connectivity index (χ0) is 14.2. The van der Waals surface area contributed by atoms with Crippen molar-refractivity contribution in [2.24, 2.45) is 0 Å². The molecule has 2 rings (SSSR count). The van der Waals surface area contributed by atoms with Gasteiger partial charge in [0.25, 0.3) is 0 Å². The van der Waals surface area contributed by atoms with Crippen LogP contribution < -0.4 is 5.32 Å². The number of rotatable bonds is 7. The van der Waals surface area contributed by atoms with Crippen LogP contribution in [-0.2, 0) is 9.47 Å². The monoisotopic (exact) mass is 318 g/mol. The number of hydrogen-bond acceptors (Lipinski definition) is 4. The summed E-state index contributed by atoms with van der Waals surface area (Å²) in [5, 5.41) is 3.37. The number of nitrogens with one attached hydrogen (secondary N) is 1. The lowest BCUT2D eigenvalue weighted by atomic mass is 10.0. The van der Waals surface area contributed by atoms with Crippen LogP contribution in [0.5, 0.6) is 0 Å². The summed E-state index contributed by atoms with van der Waals surface area (Å²) in [5.41, 5.74) is 1.02. The fourth-order valence-electron chi connectivity index (χ4n) is 2.48. The first kappa shape index (κ1) is 18.3. The molecule has 1 aromatic carbocycles. The van der Waals surface area contributed by atoms with E-state index in [1.165, 1.54) is 6.07 Å². The maximum absolute atomic E-state index is 13.4. The number of ether oxygens (including phenoxy) is 2. The standard InChI is InChI=1S/C15H23FN2O2.ClH/c1-19-9-10-20-8-7-18-6-5-17-12-15(18)13-3-2-4-14(16)11-13;/h2-4,11,15,17H,5-10,12H2,1H3;1H. The minimum Gasteiger partial charge on any atom is -0.382 e. The van der Waals surface area contributed by atoms with Gasteiger partial charge < -0.3 is 14.8 Å². The highest BCUT2D eigenvalue weighted by Crippen LogP contribution is 2.22. The maximum atomic E-state index is 13.4. The Labute approximate surface area is 132 Å². The Bertz CT molecular complexity index is 409. The molecule has 4 nitrogen and oxygen atoms in total. The number of nitrogens with zero attached hydrogens (tertiary/aromatic N) is 1. The van der Waals surface area contributed by atoms with Gasteiger partial charge in [0.15, 0.2) is 0 Å². The van der Waals surface area contributed by atoms with E-state index in [2.05, 4.69) is 10.2 Å². The zero-order valence-electron chi connectivity index (χ0n) is 12.4. The van der Waals surface area contributed by atoms with Crippen molar-refractivity contribution in [2.75, 3.05) is 53.1 Å². The Morgan fingerprint density at radius 3 is 2.95 bits per heavy atom. The summed E-state index contributed by atoms with van der Waals surface area (Å²) in [6.45, 7) is 5.53. The molecule has 120 valence electrons. The first-order chi connectivity index (χ1) is 9.81. The molecule has 1 aliphatic heterocycles. The molecule has 0 saturated carbocycles. The first-order valence-electron chi connectivity index (χ1n) is 7.08. The minimum atomic E-state index is -0.177. The second-order valence-electron chi connectivity index (χ2n) is 4.92. The van der Waals surface area contributed by atoms with E-state index in [0.717, 1.165) is 31.7 Å². The molecular formula is C15H24ClFN2O2. The number of hydrogen-bond donors (Lipinski definition) is 1. The highest BCUT2D eigenvalue weighted by molar-refractivity contribution is 5.85. The number of halogens is 2. The molecule has 21 heavy (non-hydrogen) atoms. The molecule has 1 heterocycles. The zero-order valence-corrected chi connectivity index (χ0v) is 13.2. The molecule has 1 unspecified atom stereocenters. The fraction of sp³-hybridized carbons (Fsp3) is 0.600. The van der Waals surface area contributed by atoms with Crippen LogP contribution in [0.2, 0.25) is 0 Å². The van der Waals surface area contributed by atoms with Crippen LogP contribution in [0.3, 0.4) is 0 Å². The van der Waals surface area contributed by atoms with Crippen LogP contribution in [0, 0.1) is 5.82 Å². The highest BCUT2D eigenvalue weighted by atomic mass is 35.5. The van der Waals surface area contributed by atoms with Gasteiger partial charge in [-0.1, -0.05) is 12.1 Å². The molecule has 1 fully saturated rings. The van der Waals surface area contributed by atoms with Crippen LogP contribution in [0.4, 0.5) is 4.39 Å². The Kier molecular flexibility index (Phi) is 8.80. The molecule has 6 heteroatoms. The molecular weight excluding hydrogens is 295 g/mol. The summed E-state index contributed by atoms with van der Waals surface area (Å²) < 4.78 is 23.8. The van der Waals surface area contributed by atoms with Gasteiger partial charge in [-0.25, -0.2) is 4.39 Å². The lowest BCUT2D eigenvalue weighted by molar-refractivity contribution is 0.0447. The highest BCUT2D eigenvalue weighted by Gasteiger charge is 2.23. The van der Waals surface area contributed by atoms with Crippen LogP contribution in [0.1, 0.15) is 11.6 Å². The normalized spacial score (nSPS) is 19.2. The van der Waals surface area contributed by atoms with Gasteiger partial charge in [-0.15, -0.1) is 12.4 Å². The van der Waals surface area contributed by atoms with Gasteiger partial charge in [0.1, 0.15) is 5.82 Å². The van der Waals surface area contributed by atoms with E-state index in [4.69, 9.17) is 9.47 Å². The van der Waals surface area contributed by atoms with Crippen LogP contribution in [-0.4, -0.2) is 58.0 Å². The summed E-state index contributed by atoms with van der Waals surface area (Å²) in [7, 11) is 1.67. The van der Waals surface area contributed by atoms with Crippen molar-refractivity contribution in [3.05, 3.63) is 35.6 Å². The average molecular weight is 319 g/mol. The molecule has 0 amide bonds. The summed E-state index contributed by atoms with van der Waals surface area (Å²) in [5.74, 6) is -0.177. The summed E-state index contributed by atoms with van der Waals surface area (Å²) in [4.78, 5) is 2.35. The topological polar surface area (TPSA) is 33.7 Å². The van der Waals surface area contributed by atoms with E-state index >= 15 is 0 Å². The van der Waals surface area contributed by atoms with Gasteiger partial charge in [-0.05, 0) is 17.7 Å². The van der Waals surface area contributed by atoms with E-state index in [1.807, 2.05) is 6.07 Å². The third kappa shape index (κ3) is 5.88. The SMILES string of the molecule is COCCOCCN1CCNCC1c1cccc(F)c1.Cl. The van der Waals surface area contributed by atoms with E-state index in [1.54, 1.807) is 19.2 Å². The first-order valence-corrected chi connectivity index (χ1v) is 7.08. The van der Waals surface area contributed by atoms with Crippen molar-refractivity contribution in [3.8, 4) is 0 Å². The number of benzene rings is 1. The molecule has 0 radical (unpaired) electrons. The third-order valence-electron chi connectivity index (χ3n) is 3.54. The second-order valence-corrected chi connectivity index (χ2v) is 4.92. The maximum Gasteiger partial charge on any atom is 0.123 e. The van der Waals surface area contributed by atoms with Crippen LogP contribution >= 0.6 is 12.4 Å². The molecule has 1 aliphatic rings. The minimum absolute atomic E-state index is 0. The number of methoxy groups -OCH3 is 1. The summed E-state index contributed by atoms with van der Waals surface area (Å²) >= 11 is 0. The number of piperazine rings is 1. The third-order valence-corrected chi connectivity index (χ3v) is 3.54. The van der Waals surface area contributed by atoms with Gasteiger partial charge in [0, 0.05) is 39.3 Å². The average Bonchev–Trinajstić information content (AvgIpc) is 2.47. The summed E-state index contributed by atoms with van der Waals surface area (Å²) in [6.07, 6.45) is 0. The van der Waals surface area contributed by atoms with Gasteiger partial charge in [0.05, 0.1) is 19.8 Å². The fourth-order valence-corrected chi connectivity index (χ4v) is 2.48. The Hall–Kier alpha value is -0.720. The van der Waals surface area contributed by atoms with E-state index in [9.17, 15) is 4.39 Å². The van der Waals surface area contributed by atoms with Gasteiger partial charge in [-0.3, -0.25) is 4.90 Å². The quantitative estimate of drug-likeness (QED) is 0.778. The second kappa shape index (κ2) is 10.1. The lowest BCUT2D eigenvalue weighted by Crippen LogP contribution is -2.47. The van der Waals surface area contributed by atoms with Gasteiger partial charge >= 0.3 is 0 Å². The molecule has 0 aliphatic carbocycles. The van der Waals surface area contributed by atoms with Crippen molar-refractivity contribution in [3.63, 3.8) is 0 Å². The van der Waals surface area contributed by atoms with Crippen molar-refractivity contribution in [1.29, 1.82) is 0 Å². The smallest absolute Gasteiger partial charge is 0.123 e. The van der Waals surface area contributed by atoms with E-state index in [-0.39, 0.29) is 24.3 Å². The Balaban J connectivity index is 0.00000220. The van der Waals surface area contributed by atoms with Crippen LogP contribution in [0.25, 0.3) is 0 Å². The Morgan fingerprint density at radius 2 is 2.19 bits per heavy atom. The van der Waals surface area contributed by atoms with Crippen molar-refractivity contribution >= 4 is 12.4 Å². The molecule has 1 atom stereocenters. The van der Waals surface area contributed by atoms with Gasteiger partial charge in [-0.2, -0.15) is 0 Å². The molecule has 0 spiro atoms. The molecule has 1 saturated heterocycles. The van der Waals surface area contributed by atoms with E-state index < -0.39 is 0 Å². The Morgan fingerprint density at radius 1 is 1.33 bits per heavy atom. The molecule has 0 aromatic heterocycles.